The van der Waals surface area contributed by atoms with Gasteiger partial charge in [-0.2, -0.15) is 0 Å². The van der Waals surface area contributed by atoms with Crippen LogP contribution in [-0.4, -0.2) is 36.9 Å². The van der Waals surface area contributed by atoms with Crippen molar-refractivity contribution in [3.63, 3.8) is 0 Å². The van der Waals surface area contributed by atoms with E-state index in [0.717, 1.165) is 17.7 Å². The number of nitrogens with two attached hydrogens (primary N) is 1. The molecule has 0 fully saturated rings. The van der Waals surface area contributed by atoms with Crippen molar-refractivity contribution in [3.8, 4) is 5.75 Å². The predicted octanol–water partition coefficient (Wildman–Crippen LogP) is 2.64. The Morgan fingerprint density at radius 2 is 1.67 bits per heavy atom. The van der Waals surface area contributed by atoms with Gasteiger partial charge >= 0.3 is 0 Å². The average Bonchev–Trinajstić information content (AvgIpc) is 2.59. The molecule has 0 saturated heterocycles. The standard InChI is InChI=1S/C19H22N2O3/c1-14-6-3-4-7-17(14)24-13-5-12-21(2)19(23)16-10-8-15(9-11-16)18(20)22/h3-4,6-11H,5,12-13H2,1-2H3,(H2,20,22). The largest absolute Gasteiger partial charge is 0.493 e. The molecule has 0 aliphatic rings. The second-order valence-corrected chi connectivity index (χ2v) is 5.64. The van der Waals surface area contributed by atoms with E-state index in [-0.39, 0.29) is 5.91 Å². The van der Waals surface area contributed by atoms with Crippen molar-refractivity contribution in [2.75, 3.05) is 20.2 Å². The van der Waals surface area contributed by atoms with Crippen LogP contribution >= 0.6 is 0 Å². The summed E-state index contributed by atoms with van der Waals surface area (Å²) in [5, 5.41) is 0. The minimum absolute atomic E-state index is 0.0955. The zero-order chi connectivity index (χ0) is 17.5. The minimum atomic E-state index is -0.504. The minimum Gasteiger partial charge on any atom is -0.493 e. The van der Waals surface area contributed by atoms with Gasteiger partial charge in [-0.05, 0) is 49.2 Å². The van der Waals surface area contributed by atoms with Crippen molar-refractivity contribution in [1.82, 2.24) is 4.90 Å². The van der Waals surface area contributed by atoms with Crippen LogP contribution in [0.4, 0.5) is 0 Å². The Morgan fingerprint density at radius 1 is 1.04 bits per heavy atom. The quantitative estimate of drug-likeness (QED) is 0.795. The molecule has 2 rings (SSSR count). The number of carbonyl (C=O) groups is 2. The topological polar surface area (TPSA) is 72.6 Å². The summed E-state index contributed by atoms with van der Waals surface area (Å²) in [7, 11) is 1.75. The van der Waals surface area contributed by atoms with Crippen LogP contribution in [0.3, 0.4) is 0 Å². The van der Waals surface area contributed by atoms with Crippen molar-refractivity contribution < 1.29 is 14.3 Å². The number of hydrogen-bond donors (Lipinski definition) is 1. The van der Waals surface area contributed by atoms with Gasteiger partial charge in [0.1, 0.15) is 5.75 Å². The molecule has 5 nitrogen and oxygen atoms in total. The normalized spacial score (nSPS) is 10.2. The maximum Gasteiger partial charge on any atom is 0.253 e. The van der Waals surface area contributed by atoms with Crippen molar-refractivity contribution in [2.24, 2.45) is 5.73 Å². The molecule has 2 amide bonds. The van der Waals surface area contributed by atoms with Crippen molar-refractivity contribution >= 4 is 11.8 Å². The van der Waals surface area contributed by atoms with Gasteiger partial charge in [0.05, 0.1) is 6.61 Å². The SMILES string of the molecule is Cc1ccccc1OCCCN(C)C(=O)c1ccc(C(N)=O)cc1. The van der Waals surface area contributed by atoms with Crippen LogP contribution < -0.4 is 10.5 Å². The number of carbonyl (C=O) groups excluding carboxylic acids is 2. The van der Waals surface area contributed by atoms with Gasteiger partial charge in [-0.25, -0.2) is 0 Å². The Hall–Kier alpha value is -2.82. The third-order valence-electron chi connectivity index (χ3n) is 3.75. The summed E-state index contributed by atoms with van der Waals surface area (Å²) >= 11 is 0. The molecule has 5 heteroatoms. The number of hydrogen-bond acceptors (Lipinski definition) is 3. The number of aryl methyl sites for hydroxylation is 1. The zero-order valence-corrected chi connectivity index (χ0v) is 14.0. The Bertz CT molecular complexity index is 711. The number of para-hydroxylation sites is 1. The van der Waals surface area contributed by atoms with Crippen LogP contribution in [0.2, 0.25) is 0 Å². The first-order valence-electron chi connectivity index (χ1n) is 7.83. The van der Waals surface area contributed by atoms with Crippen molar-refractivity contribution in [2.45, 2.75) is 13.3 Å². The second kappa shape index (κ2) is 8.15. The van der Waals surface area contributed by atoms with E-state index in [0.29, 0.717) is 24.3 Å². The van der Waals surface area contributed by atoms with Crippen molar-refractivity contribution in [1.29, 1.82) is 0 Å². The molecular weight excluding hydrogens is 304 g/mol. The summed E-state index contributed by atoms with van der Waals surface area (Å²) in [5.41, 5.74) is 7.20. The highest BCUT2D eigenvalue weighted by Crippen LogP contribution is 2.16. The molecule has 0 bridgehead atoms. The molecule has 126 valence electrons. The van der Waals surface area contributed by atoms with E-state index >= 15 is 0 Å². The first-order chi connectivity index (χ1) is 11.5. The van der Waals surface area contributed by atoms with Crippen LogP contribution in [0, 0.1) is 6.92 Å². The van der Waals surface area contributed by atoms with Crippen LogP contribution in [0.25, 0.3) is 0 Å². The van der Waals surface area contributed by atoms with Crippen LogP contribution in [0.5, 0.6) is 5.75 Å². The molecule has 0 aromatic heterocycles. The van der Waals surface area contributed by atoms with Crippen LogP contribution in [-0.2, 0) is 0 Å². The Balaban J connectivity index is 1.81. The molecule has 2 aromatic carbocycles. The smallest absolute Gasteiger partial charge is 0.253 e. The number of primary amides is 1. The van der Waals surface area contributed by atoms with Crippen LogP contribution in [0.1, 0.15) is 32.7 Å². The molecule has 0 unspecified atom stereocenters. The lowest BCUT2D eigenvalue weighted by atomic mass is 10.1. The molecule has 0 spiro atoms. The molecule has 0 aliphatic heterocycles. The molecule has 0 heterocycles. The predicted molar refractivity (Wildman–Crippen MR) is 93.2 cm³/mol. The summed E-state index contributed by atoms with van der Waals surface area (Å²) in [5.74, 6) is 0.270. The first kappa shape index (κ1) is 17.5. The summed E-state index contributed by atoms with van der Waals surface area (Å²) in [6.45, 7) is 3.13. The van der Waals surface area contributed by atoms with Gasteiger partial charge in [-0.3, -0.25) is 9.59 Å². The average molecular weight is 326 g/mol. The van der Waals surface area contributed by atoms with Gasteiger partial charge in [0.25, 0.3) is 5.91 Å². The third kappa shape index (κ3) is 4.59. The van der Waals surface area contributed by atoms with Gasteiger partial charge in [0, 0.05) is 24.7 Å². The third-order valence-corrected chi connectivity index (χ3v) is 3.75. The van der Waals surface area contributed by atoms with Gasteiger partial charge in [0.15, 0.2) is 0 Å². The Kier molecular flexibility index (Phi) is 5.95. The molecule has 0 radical (unpaired) electrons. The van der Waals surface area contributed by atoms with E-state index in [1.54, 1.807) is 36.2 Å². The monoisotopic (exact) mass is 326 g/mol. The maximum atomic E-state index is 12.3. The van der Waals surface area contributed by atoms with E-state index < -0.39 is 5.91 Å². The van der Waals surface area contributed by atoms with Gasteiger partial charge in [0.2, 0.25) is 5.91 Å². The van der Waals surface area contributed by atoms with Gasteiger partial charge < -0.3 is 15.4 Å². The lowest BCUT2D eigenvalue weighted by molar-refractivity contribution is 0.0787. The zero-order valence-electron chi connectivity index (χ0n) is 14.0. The number of benzene rings is 2. The first-order valence-corrected chi connectivity index (χ1v) is 7.83. The number of rotatable bonds is 7. The molecule has 24 heavy (non-hydrogen) atoms. The van der Waals surface area contributed by atoms with Crippen molar-refractivity contribution in [3.05, 3.63) is 65.2 Å². The van der Waals surface area contributed by atoms with Gasteiger partial charge in [-0.1, -0.05) is 18.2 Å². The van der Waals surface area contributed by atoms with E-state index in [2.05, 4.69) is 0 Å². The number of amides is 2. The number of nitrogens with zero attached hydrogens (tertiary/aromatic N) is 1. The van der Waals surface area contributed by atoms with E-state index in [9.17, 15) is 9.59 Å². The fourth-order valence-corrected chi connectivity index (χ4v) is 2.30. The summed E-state index contributed by atoms with van der Waals surface area (Å²) in [4.78, 5) is 25.0. The molecule has 2 aromatic rings. The highest BCUT2D eigenvalue weighted by molar-refractivity contribution is 5.97. The lowest BCUT2D eigenvalue weighted by Gasteiger charge is -2.17. The lowest BCUT2D eigenvalue weighted by Crippen LogP contribution is -2.28. The maximum absolute atomic E-state index is 12.3. The molecule has 2 N–H and O–H groups in total. The van der Waals surface area contributed by atoms with E-state index in [1.165, 1.54) is 0 Å². The molecule has 0 atom stereocenters. The summed E-state index contributed by atoms with van der Waals surface area (Å²) < 4.78 is 5.73. The van der Waals surface area contributed by atoms with Gasteiger partial charge in [-0.15, -0.1) is 0 Å². The van der Waals surface area contributed by atoms with E-state index in [4.69, 9.17) is 10.5 Å². The fraction of sp³-hybridized carbons (Fsp3) is 0.263. The van der Waals surface area contributed by atoms with Crippen LogP contribution in [0.15, 0.2) is 48.5 Å². The second-order valence-electron chi connectivity index (χ2n) is 5.64. The molecule has 0 aliphatic carbocycles. The summed E-state index contributed by atoms with van der Waals surface area (Å²) in [6.07, 6.45) is 0.732. The highest BCUT2D eigenvalue weighted by atomic mass is 16.5. The fourth-order valence-electron chi connectivity index (χ4n) is 2.30. The number of ether oxygens (including phenoxy) is 1. The molecule has 0 saturated carbocycles. The van der Waals surface area contributed by atoms with E-state index in [1.807, 2.05) is 31.2 Å². The summed E-state index contributed by atoms with van der Waals surface area (Å²) in [6, 6.07) is 14.2. The highest BCUT2D eigenvalue weighted by Gasteiger charge is 2.12. The molecular formula is C19H22N2O3. The Morgan fingerprint density at radius 3 is 2.29 bits per heavy atom. The Labute approximate surface area is 142 Å².